The molecule has 0 bridgehead atoms. The highest BCUT2D eigenvalue weighted by Gasteiger charge is 2.54. The normalized spacial score (nSPS) is 24.1. The maximum Gasteiger partial charge on any atom is 0.491 e. The minimum absolute atomic E-state index is 1.26. The summed E-state index contributed by atoms with van der Waals surface area (Å²) < 4.78 is 124. The summed E-state index contributed by atoms with van der Waals surface area (Å²) in [7, 11) is 0. The van der Waals surface area contributed by atoms with E-state index in [0.29, 0.717) is 0 Å². The number of ether oxygens (including phenoxy) is 4. The van der Waals surface area contributed by atoms with Crippen LogP contribution in [0, 0.1) is 0 Å². The zero-order valence-corrected chi connectivity index (χ0v) is 11.7. The molecule has 1 aliphatic rings. The van der Waals surface area contributed by atoms with E-state index in [1.54, 1.807) is 0 Å². The van der Waals surface area contributed by atoms with Crippen molar-refractivity contribution in [3.05, 3.63) is 0 Å². The minimum atomic E-state index is -5.71. The van der Waals surface area contributed by atoms with Crippen LogP contribution in [0.2, 0.25) is 0 Å². The fourth-order valence-electron chi connectivity index (χ4n) is 1.46. The summed E-state index contributed by atoms with van der Waals surface area (Å²) in [6.07, 6.45) is -24.9. The van der Waals surface area contributed by atoms with Gasteiger partial charge < -0.3 is 18.9 Å². The molecule has 0 saturated carbocycles. The second-order valence-corrected chi connectivity index (χ2v) is 4.41. The zero-order valence-electron chi connectivity index (χ0n) is 11.7. The Hall–Kier alpha value is -2.26. The van der Waals surface area contributed by atoms with Crippen LogP contribution < -0.4 is 0 Å². The summed E-state index contributed by atoms with van der Waals surface area (Å²) in [6.45, 7) is -1.26. The van der Waals surface area contributed by atoms with Crippen molar-refractivity contribution in [2.45, 2.75) is 37.0 Å². The zero-order chi connectivity index (χ0) is 20.5. The van der Waals surface area contributed by atoms with Gasteiger partial charge in [0.15, 0.2) is 6.10 Å². The van der Waals surface area contributed by atoms with Crippen LogP contribution in [0.1, 0.15) is 0 Å². The fourth-order valence-corrected chi connectivity index (χ4v) is 1.46. The molecule has 0 aromatic carbocycles. The molecule has 0 radical (unpaired) electrons. The average Bonchev–Trinajstić information content (AvgIpc) is 2.78. The van der Waals surface area contributed by atoms with Gasteiger partial charge in [-0.2, -0.15) is 39.5 Å². The Bertz CT molecular complexity index is 529. The monoisotopic (exact) mass is 408 g/mol. The topological polar surface area (TPSA) is 88.1 Å². The standard InChI is InChI=1S/C10H5F9O7/c11-8(12,13)5(20)24-2-1-23-4(26-7(22)10(17,18)19)3(2)25-6(21)9(14,15)16/h2-4H,1H2. The molecule has 1 aliphatic heterocycles. The fraction of sp³-hybridized carbons (Fsp3) is 0.700. The lowest BCUT2D eigenvalue weighted by Crippen LogP contribution is -2.45. The summed E-state index contributed by atoms with van der Waals surface area (Å²) >= 11 is 0. The maximum atomic E-state index is 12.2. The Balaban J connectivity index is 2.98. The lowest BCUT2D eigenvalue weighted by Gasteiger charge is -2.23. The molecule has 0 amide bonds. The van der Waals surface area contributed by atoms with Crippen molar-refractivity contribution in [1.82, 2.24) is 0 Å². The molecular formula is C10H5F9O7. The van der Waals surface area contributed by atoms with E-state index in [4.69, 9.17) is 0 Å². The molecule has 16 heteroatoms. The predicted molar refractivity (Wildman–Crippen MR) is 53.8 cm³/mol. The van der Waals surface area contributed by atoms with Crippen LogP contribution in [0.15, 0.2) is 0 Å². The van der Waals surface area contributed by atoms with Gasteiger partial charge in [-0.1, -0.05) is 0 Å². The van der Waals surface area contributed by atoms with Crippen molar-refractivity contribution in [2.24, 2.45) is 0 Å². The average molecular weight is 408 g/mol. The first kappa shape index (κ1) is 21.8. The molecule has 1 fully saturated rings. The number of halogens is 9. The van der Waals surface area contributed by atoms with Gasteiger partial charge >= 0.3 is 36.4 Å². The van der Waals surface area contributed by atoms with Crippen LogP contribution in [-0.2, 0) is 33.3 Å². The van der Waals surface area contributed by atoms with Crippen molar-refractivity contribution in [2.75, 3.05) is 6.61 Å². The number of hydrogen-bond acceptors (Lipinski definition) is 7. The van der Waals surface area contributed by atoms with Crippen LogP contribution in [-0.4, -0.2) is 61.5 Å². The van der Waals surface area contributed by atoms with Gasteiger partial charge in [0.05, 0.1) is 6.61 Å². The van der Waals surface area contributed by atoms with E-state index in [9.17, 15) is 53.9 Å². The van der Waals surface area contributed by atoms with E-state index in [-0.39, 0.29) is 0 Å². The third-order valence-electron chi connectivity index (χ3n) is 2.48. The van der Waals surface area contributed by atoms with Gasteiger partial charge in [0, 0.05) is 0 Å². The molecule has 1 rings (SSSR count). The Kier molecular flexibility index (Phi) is 6.00. The molecule has 1 saturated heterocycles. The smallest absolute Gasteiger partial charge is 0.449 e. The number of esters is 3. The van der Waals surface area contributed by atoms with Gasteiger partial charge in [-0.25, -0.2) is 14.4 Å². The molecule has 150 valence electrons. The van der Waals surface area contributed by atoms with Gasteiger partial charge in [-0.3, -0.25) is 0 Å². The van der Waals surface area contributed by atoms with Gasteiger partial charge in [-0.05, 0) is 0 Å². The Morgan fingerprint density at radius 3 is 1.50 bits per heavy atom. The minimum Gasteiger partial charge on any atom is -0.449 e. The third kappa shape index (κ3) is 5.63. The maximum absolute atomic E-state index is 12.2. The van der Waals surface area contributed by atoms with Crippen LogP contribution in [0.4, 0.5) is 39.5 Å². The largest absolute Gasteiger partial charge is 0.491 e. The third-order valence-corrected chi connectivity index (χ3v) is 2.48. The number of alkyl halides is 9. The summed E-state index contributed by atoms with van der Waals surface area (Å²) in [4.78, 5) is 32.1. The van der Waals surface area contributed by atoms with Gasteiger partial charge in [-0.15, -0.1) is 0 Å². The van der Waals surface area contributed by atoms with E-state index in [2.05, 4.69) is 18.9 Å². The SMILES string of the molecule is O=C(OC1COC(OC(=O)C(F)(F)F)C1OC(=O)C(F)(F)F)C(F)(F)F. The molecule has 0 aliphatic carbocycles. The van der Waals surface area contributed by atoms with Crippen LogP contribution in [0.5, 0.6) is 0 Å². The molecule has 3 unspecified atom stereocenters. The first-order chi connectivity index (χ1) is 11.5. The second kappa shape index (κ2) is 7.16. The molecule has 0 N–H and O–H groups in total. The van der Waals surface area contributed by atoms with E-state index < -0.39 is 61.5 Å². The summed E-state index contributed by atoms with van der Waals surface area (Å²) in [5.74, 6) is -9.02. The Morgan fingerprint density at radius 2 is 1.08 bits per heavy atom. The molecule has 26 heavy (non-hydrogen) atoms. The highest BCUT2D eigenvalue weighted by Crippen LogP contribution is 2.29. The second-order valence-electron chi connectivity index (χ2n) is 4.41. The van der Waals surface area contributed by atoms with Crippen molar-refractivity contribution < 1.29 is 72.8 Å². The van der Waals surface area contributed by atoms with Crippen LogP contribution in [0.25, 0.3) is 0 Å². The lowest BCUT2D eigenvalue weighted by atomic mass is 10.2. The van der Waals surface area contributed by atoms with Gasteiger partial charge in [0.1, 0.15) is 0 Å². The van der Waals surface area contributed by atoms with Crippen molar-refractivity contribution in [1.29, 1.82) is 0 Å². The number of rotatable bonds is 3. The summed E-state index contributed by atoms with van der Waals surface area (Å²) in [6, 6.07) is 0. The molecule has 0 aromatic heterocycles. The van der Waals surface area contributed by atoms with E-state index in [1.165, 1.54) is 0 Å². The van der Waals surface area contributed by atoms with Crippen molar-refractivity contribution in [3.63, 3.8) is 0 Å². The van der Waals surface area contributed by atoms with Crippen LogP contribution in [0.3, 0.4) is 0 Å². The molecule has 3 atom stereocenters. The molecule has 0 spiro atoms. The first-order valence-electron chi connectivity index (χ1n) is 5.98. The number of carbonyl (C=O) groups is 3. The van der Waals surface area contributed by atoms with E-state index in [0.717, 1.165) is 0 Å². The van der Waals surface area contributed by atoms with E-state index in [1.807, 2.05) is 0 Å². The quantitative estimate of drug-likeness (QED) is 0.396. The van der Waals surface area contributed by atoms with Gasteiger partial charge in [0.25, 0.3) is 0 Å². The predicted octanol–water partition coefficient (Wildman–Crippen LogP) is 1.40. The Labute approximate surface area is 135 Å². The summed E-state index contributed by atoms with van der Waals surface area (Å²) in [5, 5.41) is 0. The first-order valence-corrected chi connectivity index (χ1v) is 5.98. The summed E-state index contributed by atoms with van der Waals surface area (Å²) in [5.41, 5.74) is 0. The lowest BCUT2D eigenvalue weighted by molar-refractivity contribution is -0.241. The number of hydrogen-bond donors (Lipinski definition) is 0. The van der Waals surface area contributed by atoms with Crippen molar-refractivity contribution in [3.8, 4) is 0 Å². The number of carbonyl (C=O) groups excluding carboxylic acids is 3. The molecular weight excluding hydrogens is 403 g/mol. The van der Waals surface area contributed by atoms with Crippen LogP contribution >= 0.6 is 0 Å². The van der Waals surface area contributed by atoms with Crippen molar-refractivity contribution >= 4 is 17.9 Å². The highest BCUT2D eigenvalue weighted by atomic mass is 19.4. The molecule has 0 aromatic rings. The molecule has 7 nitrogen and oxygen atoms in total. The van der Waals surface area contributed by atoms with Gasteiger partial charge in [0.2, 0.25) is 12.4 Å². The van der Waals surface area contributed by atoms with E-state index >= 15 is 0 Å². The Morgan fingerprint density at radius 1 is 0.692 bits per heavy atom. The molecule has 1 heterocycles. The highest BCUT2D eigenvalue weighted by molar-refractivity contribution is 5.77.